The average Bonchev–Trinajstić information content (AvgIpc) is 3.25. The van der Waals surface area contributed by atoms with Gasteiger partial charge in [0.1, 0.15) is 11.1 Å². The highest BCUT2D eigenvalue weighted by molar-refractivity contribution is 8.00. The van der Waals surface area contributed by atoms with E-state index in [1.54, 1.807) is 11.0 Å². The van der Waals surface area contributed by atoms with Gasteiger partial charge in [-0.25, -0.2) is 4.98 Å². The molecular weight excluding hydrogens is 428 g/mol. The van der Waals surface area contributed by atoms with E-state index in [1.165, 1.54) is 11.8 Å². The normalized spacial score (nSPS) is 18.7. The summed E-state index contributed by atoms with van der Waals surface area (Å²) in [6.45, 7) is 9.47. The number of anilines is 1. The van der Waals surface area contributed by atoms with Crippen LogP contribution in [0.15, 0.2) is 21.8 Å². The Labute approximate surface area is 192 Å². The first-order valence-corrected chi connectivity index (χ1v) is 11.9. The van der Waals surface area contributed by atoms with Crippen LogP contribution in [0, 0.1) is 22.7 Å². The highest BCUT2D eigenvalue weighted by Crippen LogP contribution is 2.38. The quantitative estimate of drug-likeness (QED) is 0.537. The largest absolute Gasteiger partial charge is 0.377 e. The van der Waals surface area contributed by atoms with Gasteiger partial charge in [0.25, 0.3) is 6.20 Å². The third kappa shape index (κ3) is 5.22. The number of rotatable bonds is 5. The van der Waals surface area contributed by atoms with Crippen LogP contribution < -0.4 is 15.1 Å². The molecule has 1 unspecified atom stereocenters. The number of amides is 1. The molecule has 1 fully saturated rings. The van der Waals surface area contributed by atoms with Gasteiger partial charge in [-0.05, 0) is 42.2 Å². The summed E-state index contributed by atoms with van der Waals surface area (Å²) in [7, 11) is 0. The molecule has 0 aromatic carbocycles. The number of carbonyl (C=O) groups excluding carboxylic acids is 1. The average molecular weight is 458 g/mol. The van der Waals surface area contributed by atoms with Crippen molar-refractivity contribution in [1.82, 2.24) is 10.3 Å². The third-order valence-electron chi connectivity index (χ3n) is 6.03. The molecule has 1 aliphatic carbocycles. The van der Waals surface area contributed by atoms with Crippen molar-refractivity contribution in [3.63, 3.8) is 0 Å². The molecule has 2 aromatic rings. The molecule has 10 heteroatoms. The Morgan fingerprint density at radius 3 is 2.91 bits per heavy atom. The number of ether oxygens (including phenoxy) is 1. The number of aryl methyl sites for hydroxylation is 1. The standard InChI is InChI=1S/C22H28N6O3S/c1-22(2,3)17-4-5-18-15(11-17)10-16(12-23)21(24-18)32-14-19(29)25-20-13-28(26-31-20)27-6-8-30-9-7-27/h10,13,17H,4-9,11,14H2,1-3H3/p+1. The first-order chi connectivity index (χ1) is 15.3. The Bertz CT molecular complexity index is 1020. The number of thioether (sulfide) groups is 1. The van der Waals surface area contributed by atoms with E-state index in [1.807, 2.05) is 11.1 Å². The summed E-state index contributed by atoms with van der Waals surface area (Å²) in [5.41, 5.74) is 2.97. The van der Waals surface area contributed by atoms with Crippen molar-refractivity contribution in [2.45, 2.75) is 45.1 Å². The second-order valence-corrected chi connectivity index (χ2v) is 10.2. The molecule has 4 rings (SSSR count). The van der Waals surface area contributed by atoms with Crippen LogP contribution in [0.4, 0.5) is 5.88 Å². The summed E-state index contributed by atoms with van der Waals surface area (Å²) in [4.78, 5) is 18.8. The van der Waals surface area contributed by atoms with Crippen molar-refractivity contribution in [2.24, 2.45) is 11.3 Å². The molecule has 0 spiro atoms. The first kappa shape index (κ1) is 22.6. The van der Waals surface area contributed by atoms with E-state index in [0.29, 0.717) is 42.8 Å². The lowest BCUT2D eigenvalue weighted by atomic mass is 9.71. The van der Waals surface area contributed by atoms with E-state index in [9.17, 15) is 10.1 Å². The number of pyridine rings is 1. The zero-order valence-electron chi connectivity index (χ0n) is 18.8. The van der Waals surface area contributed by atoms with Gasteiger partial charge in [-0.3, -0.25) is 14.6 Å². The Morgan fingerprint density at radius 2 is 2.19 bits per heavy atom. The van der Waals surface area contributed by atoms with Gasteiger partial charge in [-0.15, -0.1) is 5.01 Å². The van der Waals surface area contributed by atoms with E-state index in [0.717, 1.165) is 30.5 Å². The number of carbonyl (C=O) groups is 1. The summed E-state index contributed by atoms with van der Waals surface area (Å²) in [6, 6.07) is 4.21. The minimum absolute atomic E-state index is 0.128. The van der Waals surface area contributed by atoms with Crippen LogP contribution in [0.25, 0.3) is 0 Å². The van der Waals surface area contributed by atoms with Gasteiger partial charge >= 0.3 is 5.88 Å². The molecule has 0 saturated carbocycles. The zero-order valence-corrected chi connectivity index (χ0v) is 19.6. The maximum atomic E-state index is 12.4. The molecular formula is C22H29N6O3S+. The molecule has 1 atom stereocenters. The van der Waals surface area contributed by atoms with Gasteiger partial charge < -0.3 is 4.74 Å². The molecule has 1 N–H and O–H groups in total. The Hall–Kier alpha value is -2.64. The topological polar surface area (TPSA) is 108 Å². The second kappa shape index (κ2) is 9.46. The Kier molecular flexibility index (Phi) is 6.67. The van der Waals surface area contributed by atoms with Crippen LogP contribution in [0.2, 0.25) is 0 Å². The molecule has 1 amide bonds. The number of aromatic nitrogens is 3. The SMILES string of the molecule is CC(C)(C)C1CCc2nc(SCC(=O)Nc3c[n+](N4CCOCC4)no3)c(C#N)cc2C1. The van der Waals surface area contributed by atoms with Crippen LogP contribution in [-0.4, -0.2) is 48.2 Å². The minimum atomic E-state index is -0.239. The number of hydrogen-bond donors (Lipinski definition) is 1. The van der Waals surface area contributed by atoms with Gasteiger partial charge in [0.05, 0.1) is 42.4 Å². The summed E-state index contributed by atoms with van der Waals surface area (Å²) < 4.78 is 10.5. The molecule has 0 radical (unpaired) electrons. The highest BCUT2D eigenvalue weighted by atomic mass is 32.2. The number of nitrogens with zero attached hydrogens (tertiary/aromatic N) is 5. The number of nitrogens with one attached hydrogen (secondary N) is 1. The fourth-order valence-corrected chi connectivity index (χ4v) is 4.84. The lowest BCUT2D eigenvalue weighted by Crippen LogP contribution is -2.62. The number of morpholine rings is 1. The molecule has 2 aromatic heterocycles. The molecule has 170 valence electrons. The maximum absolute atomic E-state index is 12.4. The molecule has 0 bridgehead atoms. The van der Waals surface area contributed by atoms with Crippen molar-refractivity contribution < 1.29 is 18.8 Å². The van der Waals surface area contributed by atoms with Crippen molar-refractivity contribution in [2.75, 3.05) is 42.4 Å². The predicted octanol–water partition coefficient (Wildman–Crippen LogP) is 2.08. The fraction of sp³-hybridized carbons (Fsp3) is 0.591. The van der Waals surface area contributed by atoms with Gasteiger partial charge in [0.2, 0.25) is 11.2 Å². The lowest BCUT2D eigenvalue weighted by Gasteiger charge is -2.34. The Morgan fingerprint density at radius 1 is 1.41 bits per heavy atom. The van der Waals surface area contributed by atoms with Crippen molar-refractivity contribution in [3.8, 4) is 6.07 Å². The van der Waals surface area contributed by atoms with Crippen LogP contribution >= 0.6 is 11.8 Å². The second-order valence-electron chi connectivity index (χ2n) is 9.25. The van der Waals surface area contributed by atoms with Crippen LogP contribution in [0.1, 0.15) is 44.0 Å². The van der Waals surface area contributed by atoms with Crippen molar-refractivity contribution >= 4 is 23.6 Å². The molecule has 1 saturated heterocycles. The fourth-order valence-electron chi connectivity index (χ4n) is 4.07. The van der Waals surface area contributed by atoms with E-state index >= 15 is 0 Å². The molecule has 1 aliphatic heterocycles. The highest BCUT2D eigenvalue weighted by Gasteiger charge is 2.30. The molecule has 3 heterocycles. The van der Waals surface area contributed by atoms with E-state index in [-0.39, 0.29) is 23.0 Å². The monoisotopic (exact) mass is 457 g/mol. The molecule has 9 nitrogen and oxygen atoms in total. The summed E-state index contributed by atoms with van der Waals surface area (Å²) >= 11 is 1.27. The summed E-state index contributed by atoms with van der Waals surface area (Å²) in [6.07, 6.45) is 4.58. The smallest absolute Gasteiger partial charge is 0.305 e. The van der Waals surface area contributed by atoms with Crippen LogP contribution in [0.5, 0.6) is 0 Å². The zero-order chi connectivity index (χ0) is 22.7. The lowest BCUT2D eigenvalue weighted by molar-refractivity contribution is -0.759. The summed E-state index contributed by atoms with van der Waals surface area (Å²) in [5.74, 6) is 0.740. The predicted molar refractivity (Wildman–Crippen MR) is 119 cm³/mol. The first-order valence-electron chi connectivity index (χ1n) is 10.9. The van der Waals surface area contributed by atoms with E-state index in [4.69, 9.17) is 14.2 Å². The number of fused-ring (bicyclic) bond motifs is 1. The summed E-state index contributed by atoms with van der Waals surface area (Å²) in [5, 5.41) is 18.9. The molecule has 2 aliphatic rings. The maximum Gasteiger partial charge on any atom is 0.305 e. The van der Waals surface area contributed by atoms with Crippen LogP contribution in [0.3, 0.4) is 0 Å². The Balaban J connectivity index is 1.37. The minimum Gasteiger partial charge on any atom is -0.377 e. The van der Waals surface area contributed by atoms with Gasteiger partial charge in [0, 0.05) is 5.69 Å². The van der Waals surface area contributed by atoms with E-state index in [2.05, 4.69) is 37.4 Å². The van der Waals surface area contributed by atoms with Crippen molar-refractivity contribution in [3.05, 3.63) is 29.1 Å². The van der Waals surface area contributed by atoms with Gasteiger partial charge in [-0.1, -0.05) is 32.5 Å². The molecule has 32 heavy (non-hydrogen) atoms. The number of nitriles is 1. The van der Waals surface area contributed by atoms with Crippen molar-refractivity contribution in [1.29, 1.82) is 5.26 Å². The van der Waals surface area contributed by atoms with E-state index < -0.39 is 0 Å². The van der Waals surface area contributed by atoms with Gasteiger partial charge in [-0.2, -0.15) is 5.26 Å². The van der Waals surface area contributed by atoms with Crippen LogP contribution in [-0.2, 0) is 22.4 Å². The number of hydrogen-bond acceptors (Lipinski definition) is 8. The third-order valence-corrected chi connectivity index (χ3v) is 7.02. The van der Waals surface area contributed by atoms with Gasteiger partial charge in [0.15, 0.2) is 0 Å².